The van der Waals surface area contributed by atoms with Crippen molar-refractivity contribution in [1.82, 2.24) is 9.97 Å². The number of benzene rings is 1. The number of hydrogen-bond acceptors (Lipinski definition) is 2. The molecule has 0 spiro atoms. The molecule has 1 unspecified atom stereocenters. The van der Waals surface area contributed by atoms with E-state index in [1.807, 2.05) is 18.2 Å². The first-order valence-electron chi connectivity index (χ1n) is 6.08. The largest absolute Gasteiger partial charge is 0.373 e. The highest BCUT2D eigenvalue weighted by atomic mass is 16.5. The normalized spacial score (nSPS) is 18.9. The predicted octanol–water partition coefficient (Wildman–Crippen LogP) is 2.48. The summed E-state index contributed by atoms with van der Waals surface area (Å²) in [7, 11) is 0. The quantitative estimate of drug-likeness (QED) is 0.876. The second-order valence-corrected chi connectivity index (χ2v) is 4.49. The van der Waals surface area contributed by atoms with Gasteiger partial charge in [-0.2, -0.15) is 0 Å². The molecule has 0 amide bonds. The third kappa shape index (κ3) is 2.39. The van der Waals surface area contributed by atoms with Crippen molar-refractivity contribution in [2.45, 2.75) is 32.0 Å². The minimum absolute atomic E-state index is 0.322. The summed E-state index contributed by atoms with van der Waals surface area (Å²) in [5.74, 6) is 0. The Morgan fingerprint density at radius 3 is 3.06 bits per heavy atom. The van der Waals surface area contributed by atoms with Crippen LogP contribution in [0.25, 0.3) is 0 Å². The van der Waals surface area contributed by atoms with E-state index in [4.69, 9.17) is 4.74 Å². The second-order valence-electron chi connectivity index (χ2n) is 4.49. The molecule has 1 atom stereocenters. The molecule has 1 heterocycles. The molecule has 1 aliphatic carbocycles. The van der Waals surface area contributed by atoms with Crippen LogP contribution in [0.5, 0.6) is 0 Å². The standard InChI is InChI=1S/C14H16N2O/c1-2-4-11(5-3-1)9-17-12-6-7-13-14(8-12)16-10-15-13/h1-5,10,12H,6-9H2,(H,15,16). The molecule has 0 saturated heterocycles. The second kappa shape index (κ2) is 4.72. The molecule has 17 heavy (non-hydrogen) atoms. The van der Waals surface area contributed by atoms with Gasteiger partial charge in [-0.25, -0.2) is 4.98 Å². The van der Waals surface area contributed by atoms with Crippen LogP contribution in [0, 0.1) is 0 Å². The Hall–Kier alpha value is -1.61. The molecule has 88 valence electrons. The van der Waals surface area contributed by atoms with Crippen molar-refractivity contribution in [2.24, 2.45) is 0 Å². The number of aryl methyl sites for hydroxylation is 1. The molecule has 0 radical (unpaired) electrons. The highest BCUT2D eigenvalue weighted by molar-refractivity contribution is 5.16. The Kier molecular flexibility index (Phi) is 2.92. The number of hydrogen-bond donors (Lipinski definition) is 1. The summed E-state index contributed by atoms with van der Waals surface area (Å²) >= 11 is 0. The predicted molar refractivity (Wildman–Crippen MR) is 65.6 cm³/mol. The van der Waals surface area contributed by atoms with Crippen LogP contribution in [0.4, 0.5) is 0 Å². The van der Waals surface area contributed by atoms with Crippen LogP contribution < -0.4 is 0 Å². The molecule has 2 aromatic rings. The van der Waals surface area contributed by atoms with Gasteiger partial charge in [0.2, 0.25) is 0 Å². The summed E-state index contributed by atoms with van der Waals surface area (Å²) in [5, 5.41) is 0. The molecular weight excluding hydrogens is 212 g/mol. The van der Waals surface area contributed by atoms with Gasteiger partial charge in [0, 0.05) is 12.1 Å². The van der Waals surface area contributed by atoms with Crippen molar-refractivity contribution in [3.63, 3.8) is 0 Å². The molecular formula is C14H16N2O. The van der Waals surface area contributed by atoms with Crippen LogP contribution in [0.3, 0.4) is 0 Å². The SMILES string of the molecule is c1ccc(COC2CCc3nc[nH]c3C2)cc1. The number of aromatic amines is 1. The summed E-state index contributed by atoms with van der Waals surface area (Å²) in [5.41, 5.74) is 3.70. The van der Waals surface area contributed by atoms with E-state index in [0.717, 1.165) is 19.3 Å². The molecule has 0 aliphatic heterocycles. The lowest BCUT2D eigenvalue weighted by molar-refractivity contribution is 0.0311. The number of fused-ring (bicyclic) bond motifs is 1. The van der Waals surface area contributed by atoms with E-state index in [9.17, 15) is 0 Å². The van der Waals surface area contributed by atoms with Crippen LogP contribution in [0.2, 0.25) is 0 Å². The van der Waals surface area contributed by atoms with Gasteiger partial charge >= 0.3 is 0 Å². The first-order valence-corrected chi connectivity index (χ1v) is 6.08. The fourth-order valence-corrected chi connectivity index (χ4v) is 2.30. The fourth-order valence-electron chi connectivity index (χ4n) is 2.30. The van der Waals surface area contributed by atoms with Gasteiger partial charge in [-0.1, -0.05) is 30.3 Å². The minimum atomic E-state index is 0.322. The molecule has 0 saturated carbocycles. The molecule has 3 nitrogen and oxygen atoms in total. The summed E-state index contributed by atoms with van der Waals surface area (Å²) in [6, 6.07) is 10.3. The van der Waals surface area contributed by atoms with Gasteiger partial charge in [0.1, 0.15) is 0 Å². The Bertz CT molecular complexity index is 478. The number of H-pyrrole nitrogens is 1. The fraction of sp³-hybridized carbons (Fsp3) is 0.357. The Morgan fingerprint density at radius 1 is 1.29 bits per heavy atom. The van der Waals surface area contributed by atoms with Gasteiger partial charge in [-0.15, -0.1) is 0 Å². The Morgan fingerprint density at radius 2 is 2.18 bits per heavy atom. The molecule has 1 aliphatic rings. The summed E-state index contributed by atoms with van der Waals surface area (Å²) in [6.45, 7) is 0.703. The third-order valence-electron chi connectivity index (χ3n) is 3.27. The van der Waals surface area contributed by atoms with Crippen LogP contribution >= 0.6 is 0 Å². The average Bonchev–Trinajstić information content (AvgIpc) is 2.85. The molecule has 1 aromatic carbocycles. The van der Waals surface area contributed by atoms with E-state index in [1.165, 1.54) is 17.0 Å². The van der Waals surface area contributed by atoms with Crippen molar-refractivity contribution in [3.8, 4) is 0 Å². The van der Waals surface area contributed by atoms with Crippen molar-refractivity contribution >= 4 is 0 Å². The molecule has 3 rings (SSSR count). The number of aromatic nitrogens is 2. The lowest BCUT2D eigenvalue weighted by atomic mass is 9.98. The van der Waals surface area contributed by atoms with E-state index >= 15 is 0 Å². The summed E-state index contributed by atoms with van der Waals surface area (Å²) in [4.78, 5) is 7.49. The lowest BCUT2D eigenvalue weighted by Gasteiger charge is -2.21. The first kappa shape index (κ1) is 10.5. The van der Waals surface area contributed by atoms with E-state index in [1.54, 1.807) is 6.33 Å². The van der Waals surface area contributed by atoms with Gasteiger partial charge in [0.25, 0.3) is 0 Å². The third-order valence-corrected chi connectivity index (χ3v) is 3.27. The molecule has 3 heteroatoms. The Balaban J connectivity index is 1.58. The van der Waals surface area contributed by atoms with E-state index in [2.05, 4.69) is 22.1 Å². The van der Waals surface area contributed by atoms with Gasteiger partial charge < -0.3 is 9.72 Å². The van der Waals surface area contributed by atoms with Crippen LogP contribution in [-0.2, 0) is 24.2 Å². The summed E-state index contributed by atoms with van der Waals surface area (Å²) < 4.78 is 5.95. The monoisotopic (exact) mass is 228 g/mol. The van der Waals surface area contributed by atoms with Gasteiger partial charge in [-0.05, 0) is 18.4 Å². The smallest absolute Gasteiger partial charge is 0.0925 e. The van der Waals surface area contributed by atoms with Crippen LogP contribution in [-0.4, -0.2) is 16.1 Å². The number of rotatable bonds is 3. The zero-order valence-electron chi connectivity index (χ0n) is 9.73. The van der Waals surface area contributed by atoms with Crippen molar-refractivity contribution in [1.29, 1.82) is 0 Å². The molecule has 0 fully saturated rings. The minimum Gasteiger partial charge on any atom is -0.373 e. The van der Waals surface area contributed by atoms with Gasteiger partial charge in [0.15, 0.2) is 0 Å². The number of nitrogens with one attached hydrogen (secondary N) is 1. The molecule has 0 bridgehead atoms. The maximum Gasteiger partial charge on any atom is 0.0925 e. The number of ether oxygens (including phenoxy) is 1. The maximum atomic E-state index is 5.95. The maximum absolute atomic E-state index is 5.95. The van der Waals surface area contributed by atoms with E-state index in [0.29, 0.717) is 12.7 Å². The van der Waals surface area contributed by atoms with Crippen molar-refractivity contribution < 1.29 is 4.74 Å². The number of nitrogens with zero attached hydrogens (tertiary/aromatic N) is 1. The lowest BCUT2D eigenvalue weighted by Crippen LogP contribution is -2.22. The Labute approximate surface area is 101 Å². The van der Waals surface area contributed by atoms with Gasteiger partial charge in [0.05, 0.1) is 24.7 Å². The highest BCUT2D eigenvalue weighted by Gasteiger charge is 2.20. The first-order chi connectivity index (χ1) is 8.42. The van der Waals surface area contributed by atoms with Crippen LogP contribution in [0.1, 0.15) is 23.4 Å². The topological polar surface area (TPSA) is 37.9 Å². The zero-order chi connectivity index (χ0) is 11.5. The van der Waals surface area contributed by atoms with Crippen LogP contribution in [0.15, 0.2) is 36.7 Å². The van der Waals surface area contributed by atoms with Crippen molar-refractivity contribution in [2.75, 3.05) is 0 Å². The molecule has 1 N–H and O–H groups in total. The zero-order valence-corrected chi connectivity index (χ0v) is 9.73. The van der Waals surface area contributed by atoms with E-state index < -0.39 is 0 Å². The highest BCUT2D eigenvalue weighted by Crippen LogP contribution is 2.20. The average molecular weight is 228 g/mol. The number of imidazole rings is 1. The molecule has 1 aromatic heterocycles. The van der Waals surface area contributed by atoms with Gasteiger partial charge in [-0.3, -0.25) is 0 Å². The van der Waals surface area contributed by atoms with E-state index in [-0.39, 0.29) is 0 Å². The summed E-state index contributed by atoms with van der Waals surface area (Å²) in [6.07, 6.45) is 5.17. The van der Waals surface area contributed by atoms with Crippen molar-refractivity contribution in [3.05, 3.63) is 53.6 Å².